The summed E-state index contributed by atoms with van der Waals surface area (Å²) in [6, 6.07) is 10.1. The number of hydrogen-bond acceptors (Lipinski definition) is 8. The number of ether oxygens (including phenoxy) is 2. The Balaban J connectivity index is 1.68. The Kier molecular flexibility index (Phi) is 7.51. The highest BCUT2D eigenvalue weighted by molar-refractivity contribution is 7.89. The normalized spacial score (nSPS) is 16.1. The fourth-order valence-corrected chi connectivity index (χ4v) is 6.69. The van der Waals surface area contributed by atoms with Crippen LogP contribution in [-0.4, -0.2) is 71.6 Å². The smallest absolute Gasteiger partial charge is 0.279 e. The summed E-state index contributed by atoms with van der Waals surface area (Å²) in [7, 11) is -6.02. The number of sulfonamides is 2. The first-order chi connectivity index (χ1) is 16.6. The van der Waals surface area contributed by atoms with Gasteiger partial charge in [0.2, 0.25) is 20.0 Å². The Morgan fingerprint density at radius 1 is 1.09 bits per heavy atom. The van der Waals surface area contributed by atoms with E-state index in [2.05, 4.69) is 4.99 Å². The predicted molar refractivity (Wildman–Crippen MR) is 129 cm³/mol. The number of primary sulfonamides is 1. The lowest BCUT2D eigenvalue weighted by Gasteiger charge is -2.26. The van der Waals surface area contributed by atoms with E-state index in [9.17, 15) is 21.6 Å². The number of methoxy groups -OCH3 is 1. The van der Waals surface area contributed by atoms with Crippen LogP contribution in [0.2, 0.25) is 0 Å². The molecule has 0 bridgehead atoms. The molecule has 0 atom stereocenters. The van der Waals surface area contributed by atoms with Gasteiger partial charge in [-0.05, 0) is 42.5 Å². The van der Waals surface area contributed by atoms with Gasteiger partial charge in [0.05, 0.1) is 39.8 Å². The van der Waals surface area contributed by atoms with Gasteiger partial charge in [0.1, 0.15) is 0 Å². The Hall–Kier alpha value is -2.46. The standard InChI is InChI=1S/C21H24N4O7S3/c1-31-11-10-25-18-7-6-17(34(22,27)28)14-19(18)33-21(25)23-20(26)15-2-4-16(5-3-15)35(29,30)24-8-12-32-13-9-24/h2-7,14H,8-13H2,1H3,(H2,22,27,28). The van der Waals surface area contributed by atoms with Crippen LogP contribution in [0.15, 0.2) is 57.2 Å². The second-order valence-electron chi connectivity index (χ2n) is 7.66. The van der Waals surface area contributed by atoms with Crippen LogP contribution in [0.4, 0.5) is 0 Å². The van der Waals surface area contributed by atoms with E-state index in [1.807, 2.05) is 0 Å². The molecule has 14 heteroatoms. The number of aromatic nitrogens is 1. The van der Waals surface area contributed by atoms with E-state index >= 15 is 0 Å². The molecule has 1 fully saturated rings. The SMILES string of the molecule is COCCn1c(=NC(=O)c2ccc(S(=O)(=O)N3CCOCC3)cc2)sc2cc(S(N)(=O)=O)ccc21. The second-order valence-corrected chi connectivity index (χ2v) is 12.2. The van der Waals surface area contributed by atoms with Crippen molar-refractivity contribution < 1.29 is 31.1 Å². The molecule has 2 N–H and O–H groups in total. The minimum Gasteiger partial charge on any atom is -0.383 e. The predicted octanol–water partition coefficient (Wildman–Crippen LogP) is 0.759. The number of carbonyl (C=O) groups excluding carboxylic acids is 1. The average molecular weight is 541 g/mol. The maximum Gasteiger partial charge on any atom is 0.279 e. The van der Waals surface area contributed by atoms with Gasteiger partial charge in [0, 0.05) is 32.3 Å². The van der Waals surface area contributed by atoms with Gasteiger partial charge in [-0.25, -0.2) is 22.0 Å². The molecule has 2 heterocycles. The zero-order valence-electron chi connectivity index (χ0n) is 18.8. The van der Waals surface area contributed by atoms with Crippen molar-refractivity contribution in [1.29, 1.82) is 0 Å². The molecule has 1 aliphatic heterocycles. The molecule has 1 amide bonds. The molecule has 0 aliphatic carbocycles. The van der Waals surface area contributed by atoms with Crippen molar-refractivity contribution in [3.8, 4) is 0 Å². The van der Waals surface area contributed by atoms with E-state index in [-0.39, 0.29) is 28.4 Å². The lowest BCUT2D eigenvalue weighted by atomic mass is 10.2. The lowest BCUT2D eigenvalue weighted by Crippen LogP contribution is -2.40. The number of morpholine rings is 1. The first-order valence-corrected chi connectivity index (χ1v) is 14.3. The van der Waals surface area contributed by atoms with Crippen LogP contribution in [0, 0.1) is 0 Å². The number of fused-ring (bicyclic) bond motifs is 1. The van der Waals surface area contributed by atoms with E-state index in [4.69, 9.17) is 14.6 Å². The Morgan fingerprint density at radius 3 is 2.37 bits per heavy atom. The van der Waals surface area contributed by atoms with E-state index in [0.717, 1.165) is 11.3 Å². The molecular formula is C21H24N4O7S3. The van der Waals surface area contributed by atoms with E-state index in [0.29, 0.717) is 41.4 Å². The largest absolute Gasteiger partial charge is 0.383 e. The van der Waals surface area contributed by atoms with Crippen LogP contribution in [0.25, 0.3) is 10.2 Å². The van der Waals surface area contributed by atoms with Crippen LogP contribution >= 0.6 is 11.3 Å². The van der Waals surface area contributed by atoms with Gasteiger partial charge in [-0.15, -0.1) is 0 Å². The lowest BCUT2D eigenvalue weighted by molar-refractivity contribution is 0.0730. The summed E-state index contributed by atoms with van der Waals surface area (Å²) in [6.07, 6.45) is 0. The molecule has 0 spiro atoms. The summed E-state index contributed by atoms with van der Waals surface area (Å²) in [5, 5.41) is 5.24. The summed E-state index contributed by atoms with van der Waals surface area (Å²) in [5.74, 6) is -0.565. The van der Waals surface area contributed by atoms with Gasteiger partial charge in [0.15, 0.2) is 4.80 Å². The molecule has 1 saturated heterocycles. The van der Waals surface area contributed by atoms with Crippen LogP contribution in [0.3, 0.4) is 0 Å². The van der Waals surface area contributed by atoms with Crippen LogP contribution in [0.1, 0.15) is 10.4 Å². The topological polar surface area (TPSA) is 150 Å². The number of nitrogens with two attached hydrogens (primary N) is 1. The number of amides is 1. The zero-order valence-corrected chi connectivity index (χ0v) is 21.2. The monoisotopic (exact) mass is 540 g/mol. The molecule has 3 aromatic rings. The zero-order chi connectivity index (χ0) is 25.2. The van der Waals surface area contributed by atoms with Crippen molar-refractivity contribution in [2.45, 2.75) is 16.3 Å². The molecule has 188 valence electrons. The minimum absolute atomic E-state index is 0.0416. The first kappa shape index (κ1) is 25.6. The van der Waals surface area contributed by atoms with Crippen molar-refractivity contribution >= 4 is 47.5 Å². The van der Waals surface area contributed by atoms with Crippen LogP contribution in [-0.2, 0) is 36.1 Å². The summed E-state index contributed by atoms with van der Waals surface area (Å²) in [4.78, 5) is 17.5. The van der Waals surface area contributed by atoms with Gasteiger partial charge in [-0.2, -0.15) is 9.30 Å². The molecule has 4 rings (SSSR count). The number of benzene rings is 2. The molecule has 1 aliphatic rings. The highest BCUT2D eigenvalue weighted by atomic mass is 32.2. The summed E-state index contributed by atoms with van der Waals surface area (Å²) < 4.78 is 63.1. The molecular weight excluding hydrogens is 516 g/mol. The van der Waals surface area contributed by atoms with Crippen LogP contribution in [0.5, 0.6) is 0 Å². The molecule has 1 aromatic heterocycles. The van der Waals surface area contributed by atoms with Crippen LogP contribution < -0.4 is 9.94 Å². The van der Waals surface area contributed by atoms with Gasteiger partial charge in [-0.1, -0.05) is 11.3 Å². The fraction of sp³-hybridized carbons (Fsp3) is 0.333. The quantitative estimate of drug-likeness (QED) is 0.465. The number of carbonyl (C=O) groups is 1. The average Bonchev–Trinajstić information content (AvgIpc) is 3.18. The Labute approximate surface area is 206 Å². The summed E-state index contributed by atoms with van der Waals surface area (Å²) in [6.45, 7) is 1.96. The van der Waals surface area contributed by atoms with Gasteiger partial charge in [-0.3, -0.25) is 4.79 Å². The third kappa shape index (κ3) is 5.53. The van der Waals surface area contributed by atoms with Crippen molar-refractivity contribution in [3.05, 3.63) is 52.8 Å². The minimum atomic E-state index is -3.89. The third-order valence-corrected chi connectivity index (χ3v) is 9.27. The molecule has 2 aromatic carbocycles. The van der Waals surface area contributed by atoms with Gasteiger partial charge >= 0.3 is 0 Å². The highest BCUT2D eigenvalue weighted by Crippen LogP contribution is 2.22. The maximum atomic E-state index is 12.9. The summed E-state index contributed by atoms with van der Waals surface area (Å²) in [5.41, 5.74) is 0.893. The number of rotatable bonds is 7. The fourth-order valence-electron chi connectivity index (χ4n) is 3.57. The number of nitrogens with zero attached hydrogens (tertiary/aromatic N) is 3. The van der Waals surface area contributed by atoms with E-state index in [1.165, 1.54) is 40.7 Å². The molecule has 0 saturated carbocycles. The molecule has 0 unspecified atom stereocenters. The highest BCUT2D eigenvalue weighted by Gasteiger charge is 2.26. The van der Waals surface area contributed by atoms with Crippen molar-refractivity contribution in [2.24, 2.45) is 10.1 Å². The molecule has 0 radical (unpaired) electrons. The van der Waals surface area contributed by atoms with E-state index in [1.54, 1.807) is 17.7 Å². The molecule has 35 heavy (non-hydrogen) atoms. The van der Waals surface area contributed by atoms with Gasteiger partial charge < -0.3 is 14.0 Å². The van der Waals surface area contributed by atoms with E-state index < -0.39 is 26.0 Å². The number of thiazole rings is 1. The number of hydrogen-bond donors (Lipinski definition) is 1. The third-order valence-electron chi connectivity index (χ3n) is 5.41. The summed E-state index contributed by atoms with van der Waals surface area (Å²) >= 11 is 1.14. The molecule has 11 nitrogen and oxygen atoms in total. The Morgan fingerprint density at radius 2 is 1.74 bits per heavy atom. The first-order valence-electron chi connectivity index (χ1n) is 10.5. The van der Waals surface area contributed by atoms with Crippen molar-refractivity contribution in [3.63, 3.8) is 0 Å². The van der Waals surface area contributed by atoms with Gasteiger partial charge in [0.25, 0.3) is 5.91 Å². The Bertz CT molecular complexity index is 1520. The maximum absolute atomic E-state index is 12.9. The second kappa shape index (κ2) is 10.3. The van der Waals surface area contributed by atoms with Crippen molar-refractivity contribution in [1.82, 2.24) is 8.87 Å². The van der Waals surface area contributed by atoms with Crippen molar-refractivity contribution in [2.75, 3.05) is 40.0 Å².